The lowest BCUT2D eigenvalue weighted by Crippen LogP contribution is -2.13. The van der Waals surface area contributed by atoms with E-state index in [-0.39, 0.29) is 0 Å². The van der Waals surface area contributed by atoms with Gasteiger partial charge in [0, 0.05) is 0 Å². The van der Waals surface area contributed by atoms with Gasteiger partial charge in [0.05, 0.1) is 0 Å². The van der Waals surface area contributed by atoms with Crippen LogP contribution < -0.4 is 0 Å². The first-order chi connectivity index (χ1) is 15.7. The van der Waals surface area contributed by atoms with Gasteiger partial charge in [0.25, 0.3) is 0 Å². The fraction of sp³-hybridized carbons (Fsp3) is 0.625. The summed E-state index contributed by atoms with van der Waals surface area (Å²) < 4.78 is 0. The molecule has 2 fully saturated rings. The van der Waals surface area contributed by atoms with Crippen LogP contribution in [0.25, 0.3) is 11.1 Å². The maximum atomic E-state index is 2.42. The van der Waals surface area contributed by atoms with E-state index in [2.05, 4.69) is 62.4 Å². The van der Waals surface area contributed by atoms with Crippen molar-refractivity contribution in [3.63, 3.8) is 0 Å². The molecule has 174 valence electrons. The summed E-state index contributed by atoms with van der Waals surface area (Å²) in [7, 11) is 0. The van der Waals surface area contributed by atoms with Gasteiger partial charge in [0.2, 0.25) is 0 Å². The molecule has 32 heavy (non-hydrogen) atoms. The quantitative estimate of drug-likeness (QED) is 0.347. The lowest BCUT2D eigenvalue weighted by Gasteiger charge is -2.29. The second-order valence-electron chi connectivity index (χ2n) is 11.1. The molecule has 0 unspecified atom stereocenters. The van der Waals surface area contributed by atoms with Crippen LogP contribution in [0.15, 0.2) is 48.5 Å². The first-order valence-electron chi connectivity index (χ1n) is 13.9. The van der Waals surface area contributed by atoms with Crippen molar-refractivity contribution >= 4 is 0 Å². The highest BCUT2D eigenvalue weighted by atomic mass is 14.3. The molecule has 0 spiro atoms. The zero-order valence-corrected chi connectivity index (χ0v) is 20.8. The van der Waals surface area contributed by atoms with Gasteiger partial charge in [-0.3, -0.25) is 0 Å². The van der Waals surface area contributed by atoms with E-state index in [1.807, 2.05) is 0 Å². The number of hydrogen-bond acceptors (Lipinski definition) is 0. The monoisotopic (exact) mass is 430 g/mol. The largest absolute Gasteiger partial charge is 0.0654 e. The Kier molecular flexibility index (Phi) is 8.89. The van der Waals surface area contributed by atoms with Crippen LogP contribution in [0.5, 0.6) is 0 Å². The normalized spacial score (nSPS) is 26.2. The van der Waals surface area contributed by atoms with Gasteiger partial charge in [0.15, 0.2) is 0 Å². The predicted octanol–water partition coefficient (Wildman–Crippen LogP) is 10.3. The molecule has 2 saturated carbocycles. The highest BCUT2D eigenvalue weighted by molar-refractivity contribution is 5.64. The molecule has 0 aliphatic heterocycles. The van der Waals surface area contributed by atoms with Crippen molar-refractivity contribution in [1.29, 1.82) is 0 Å². The minimum Gasteiger partial charge on any atom is -0.0654 e. The molecule has 0 saturated heterocycles. The molecule has 0 heterocycles. The molecule has 0 nitrogen and oxygen atoms in total. The molecule has 4 rings (SSSR count). The highest BCUT2D eigenvalue weighted by Crippen LogP contribution is 2.39. The Hall–Kier alpha value is -1.56. The van der Waals surface area contributed by atoms with Crippen LogP contribution in [-0.2, 0) is 0 Å². The lowest BCUT2D eigenvalue weighted by molar-refractivity contribution is 0.302. The summed E-state index contributed by atoms with van der Waals surface area (Å²) in [6, 6.07) is 19.1. The fourth-order valence-electron chi connectivity index (χ4n) is 6.31. The minimum absolute atomic E-state index is 0.786. The van der Waals surface area contributed by atoms with Crippen LogP contribution in [0, 0.1) is 11.8 Å². The Balaban J connectivity index is 1.25. The van der Waals surface area contributed by atoms with Gasteiger partial charge in [-0.2, -0.15) is 0 Å². The summed E-state index contributed by atoms with van der Waals surface area (Å²) in [6.45, 7) is 4.71. The maximum absolute atomic E-state index is 2.42. The predicted molar refractivity (Wildman–Crippen MR) is 140 cm³/mol. The third-order valence-corrected chi connectivity index (χ3v) is 8.68. The second-order valence-corrected chi connectivity index (χ2v) is 11.1. The molecule has 2 aromatic carbocycles. The third-order valence-electron chi connectivity index (χ3n) is 8.68. The summed E-state index contributed by atoms with van der Waals surface area (Å²) in [4.78, 5) is 0. The van der Waals surface area contributed by atoms with E-state index in [0.717, 1.165) is 23.7 Å². The fourth-order valence-corrected chi connectivity index (χ4v) is 6.31. The van der Waals surface area contributed by atoms with E-state index < -0.39 is 0 Å². The lowest BCUT2D eigenvalue weighted by atomic mass is 9.77. The highest BCUT2D eigenvalue weighted by Gasteiger charge is 2.22. The minimum atomic E-state index is 0.786. The number of rotatable bonds is 9. The molecule has 2 aliphatic rings. The third kappa shape index (κ3) is 6.49. The molecule has 0 aromatic heterocycles. The first-order valence-corrected chi connectivity index (χ1v) is 13.9. The van der Waals surface area contributed by atoms with Crippen molar-refractivity contribution in [3.8, 4) is 11.1 Å². The summed E-state index contributed by atoms with van der Waals surface area (Å²) in [6.07, 6.45) is 19.8. The SMILES string of the molecule is CCCCCCC[C@H]1CC[C@H](c2ccc(-c3ccc([C@H]4CC[C@H](C)CC4)cc3)cc2)CC1. The van der Waals surface area contributed by atoms with Gasteiger partial charge < -0.3 is 0 Å². The van der Waals surface area contributed by atoms with Crippen molar-refractivity contribution in [2.24, 2.45) is 11.8 Å². The van der Waals surface area contributed by atoms with Crippen LogP contribution >= 0.6 is 0 Å². The average molecular weight is 431 g/mol. The number of unbranched alkanes of at least 4 members (excludes halogenated alkanes) is 4. The first kappa shape index (κ1) is 23.6. The van der Waals surface area contributed by atoms with Crippen LogP contribution in [0.3, 0.4) is 0 Å². The molecule has 0 heteroatoms. The summed E-state index contributed by atoms with van der Waals surface area (Å²) in [5, 5.41) is 0. The topological polar surface area (TPSA) is 0 Å². The molecule has 2 aliphatic carbocycles. The number of benzene rings is 2. The van der Waals surface area contributed by atoms with E-state index >= 15 is 0 Å². The van der Waals surface area contributed by atoms with Crippen molar-refractivity contribution in [1.82, 2.24) is 0 Å². The van der Waals surface area contributed by atoms with Gasteiger partial charge in [-0.15, -0.1) is 0 Å². The Morgan fingerprint density at radius 1 is 0.562 bits per heavy atom. The molecular weight excluding hydrogens is 384 g/mol. The summed E-state index contributed by atoms with van der Waals surface area (Å²) >= 11 is 0. The Bertz CT molecular complexity index is 768. The Morgan fingerprint density at radius 2 is 1.03 bits per heavy atom. The number of hydrogen-bond donors (Lipinski definition) is 0. The van der Waals surface area contributed by atoms with E-state index in [0.29, 0.717) is 0 Å². The molecule has 0 amide bonds. The van der Waals surface area contributed by atoms with Gasteiger partial charge in [-0.25, -0.2) is 0 Å². The van der Waals surface area contributed by atoms with Crippen LogP contribution in [0.2, 0.25) is 0 Å². The Labute approximate surface area is 198 Å². The van der Waals surface area contributed by atoms with Gasteiger partial charge in [0.1, 0.15) is 0 Å². The summed E-state index contributed by atoms with van der Waals surface area (Å²) in [5.74, 6) is 3.50. The van der Waals surface area contributed by atoms with E-state index in [9.17, 15) is 0 Å². The van der Waals surface area contributed by atoms with E-state index in [1.54, 1.807) is 11.1 Å². The molecule has 2 aromatic rings. The van der Waals surface area contributed by atoms with Crippen molar-refractivity contribution < 1.29 is 0 Å². The zero-order chi connectivity index (χ0) is 22.2. The van der Waals surface area contributed by atoms with Crippen molar-refractivity contribution in [2.45, 2.75) is 116 Å². The molecule has 0 N–H and O–H groups in total. The molecule has 0 atom stereocenters. The molecule has 0 radical (unpaired) electrons. The molecular formula is C32H46. The van der Waals surface area contributed by atoms with Crippen molar-refractivity contribution in [2.75, 3.05) is 0 Å². The summed E-state index contributed by atoms with van der Waals surface area (Å²) in [5.41, 5.74) is 5.87. The average Bonchev–Trinajstić information content (AvgIpc) is 2.85. The Morgan fingerprint density at radius 3 is 1.53 bits per heavy atom. The van der Waals surface area contributed by atoms with Gasteiger partial charge >= 0.3 is 0 Å². The standard InChI is InChI=1S/C32H46/c1-3-4-5-6-7-8-26-11-15-28(16-12-26)30-19-23-32(24-20-30)31-21-17-29(18-22-31)27-13-9-25(2)10-14-27/h17-28H,3-16H2,1-2H3/t25-,26-,27-,28-. The van der Waals surface area contributed by atoms with Crippen LogP contribution in [-0.4, -0.2) is 0 Å². The van der Waals surface area contributed by atoms with E-state index in [4.69, 9.17) is 0 Å². The van der Waals surface area contributed by atoms with Crippen molar-refractivity contribution in [3.05, 3.63) is 59.7 Å². The zero-order valence-electron chi connectivity index (χ0n) is 20.8. The van der Waals surface area contributed by atoms with Crippen LogP contribution in [0.4, 0.5) is 0 Å². The van der Waals surface area contributed by atoms with E-state index in [1.165, 1.54) is 101 Å². The maximum Gasteiger partial charge on any atom is -0.0162 e. The van der Waals surface area contributed by atoms with Gasteiger partial charge in [-0.1, -0.05) is 114 Å². The smallest absolute Gasteiger partial charge is 0.0162 e. The van der Waals surface area contributed by atoms with Crippen LogP contribution in [0.1, 0.15) is 127 Å². The molecule has 0 bridgehead atoms. The van der Waals surface area contributed by atoms with Gasteiger partial charge in [-0.05, 0) is 84.5 Å². The second kappa shape index (κ2) is 12.1.